The van der Waals surface area contributed by atoms with Crippen LogP contribution in [-0.2, 0) is 6.54 Å². The van der Waals surface area contributed by atoms with E-state index < -0.39 is 0 Å². The lowest BCUT2D eigenvalue weighted by atomic mass is 9.83. The van der Waals surface area contributed by atoms with Crippen LogP contribution in [0.2, 0.25) is 0 Å². The Hall–Kier alpha value is -0.800. The average molecular weight is 236 g/mol. The van der Waals surface area contributed by atoms with E-state index >= 15 is 0 Å². The van der Waals surface area contributed by atoms with Crippen LogP contribution in [0.5, 0.6) is 0 Å². The number of furan rings is 1. The Balaban J connectivity index is 1.98. The predicted molar refractivity (Wildman–Crippen MR) is 69.7 cm³/mol. The van der Waals surface area contributed by atoms with Gasteiger partial charge in [0.25, 0.3) is 0 Å². The van der Waals surface area contributed by atoms with Crippen molar-refractivity contribution >= 4 is 0 Å². The molecular formula is C14H24N2O. The molecule has 0 spiro atoms. The first-order valence-electron chi connectivity index (χ1n) is 6.65. The highest BCUT2D eigenvalue weighted by Crippen LogP contribution is 2.28. The van der Waals surface area contributed by atoms with Crippen molar-refractivity contribution in [3.8, 4) is 0 Å². The summed E-state index contributed by atoms with van der Waals surface area (Å²) in [4.78, 5) is 2.45. The van der Waals surface area contributed by atoms with Crippen LogP contribution in [0.15, 0.2) is 16.7 Å². The summed E-state index contributed by atoms with van der Waals surface area (Å²) in [6, 6.07) is 2.72. The van der Waals surface area contributed by atoms with Gasteiger partial charge in [-0.15, -0.1) is 0 Å². The van der Waals surface area contributed by atoms with Gasteiger partial charge in [-0.3, -0.25) is 4.90 Å². The molecule has 0 aliphatic heterocycles. The highest BCUT2D eigenvalue weighted by atomic mass is 16.3. The minimum absolute atomic E-state index is 0.642. The van der Waals surface area contributed by atoms with Gasteiger partial charge in [-0.2, -0.15) is 0 Å². The van der Waals surface area contributed by atoms with Gasteiger partial charge in [-0.1, -0.05) is 12.8 Å². The van der Waals surface area contributed by atoms with Crippen molar-refractivity contribution in [1.82, 2.24) is 4.90 Å². The standard InChI is InChI=1S/C14H24N2O/c1-11-13(7-8-17-11)10-16(2)14-6-4-3-5-12(14)9-15/h7-8,12,14H,3-6,9-10,15H2,1-2H3. The smallest absolute Gasteiger partial charge is 0.105 e. The lowest BCUT2D eigenvalue weighted by Crippen LogP contribution is -2.42. The van der Waals surface area contributed by atoms with Crippen LogP contribution in [0.25, 0.3) is 0 Å². The van der Waals surface area contributed by atoms with E-state index in [4.69, 9.17) is 10.2 Å². The molecule has 2 rings (SSSR count). The molecule has 17 heavy (non-hydrogen) atoms. The molecule has 2 atom stereocenters. The van der Waals surface area contributed by atoms with Gasteiger partial charge in [-0.25, -0.2) is 0 Å². The molecule has 2 unspecified atom stereocenters. The zero-order chi connectivity index (χ0) is 12.3. The Kier molecular flexibility index (Phi) is 4.24. The maximum atomic E-state index is 5.89. The quantitative estimate of drug-likeness (QED) is 0.873. The minimum atomic E-state index is 0.642. The van der Waals surface area contributed by atoms with Gasteiger partial charge in [0.1, 0.15) is 5.76 Å². The summed E-state index contributed by atoms with van der Waals surface area (Å²) >= 11 is 0. The van der Waals surface area contributed by atoms with Gasteiger partial charge in [0.2, 0.25) is 0 Å². The topological polar surface area (TPSA) is 42.4 Å². The summed E-state index contributed by atoms with van der Waals surface area (Å²) < 4.78 is 5.35. The minimum Gasteiger partial charge on any atom is -0.469 e. The van der Waals surface area contributed by atoms with Crippen molar-refractivity contribution in [2.75, 3.05) is 13.6 Å². The third-order valence-electron chi connectivity index (χ3n) is 4.12. The molecule has 1 saturated carbocycles. The fourth-order valence-electron chi connectivity index (χ4n) is 3.00. The van der Waals surface area contributed by atoms with E-state index in [1.54, 1.807) is 6.26 Å². The zero-order valence-corrected chi connectivity index (χ0v) is 11.0. The van der Waals surface area contributed by atoms with Crippen LogP contribution < -0.4 is 5.73 Å². The van der Waals surface area contributed by atoms with Crippen molar-refractivity contribution in [3.05, 3.63) is 23.7 Å². The largest absolute Gasteiger partial charge is 0.469 e. The molecule has 96 valence electrons. The van der Waals surface area contributed by atoms with E-state index in [1.165, 1.54) is 31.2 Å². The Labute approximate surface area is 104 Å². The van der Waals surface area contributed by atoms with Crippen LogP contribution in [0.3, 0.4) is 0 Å². The van der Waals surface area contributed by atoms with Crippen LogP contribution in [0.4, 0.5) is 0 Å². The van der Waals surface area contributed by atoms with Crippen LogP contribution in [-0.4, -0.2) is 24.5 Å². The molecule has 3 nitrogen and oxygen atoms in total. The zero-order valence-electron chi connectivity index (χ0n) is 11.0. The number of nitrogens with zero attached hydrogens (tertiary/aromatic N) is 1. The maximum absolute atomic E-state index is 5.89. The van der Waals surface area contributed by atoms with Gasteiger partial charge in [0, 0.05) is 18.2 Å². The van der Waals surface area contributed by atoms with E-state index in [2.05, 4.69) is 18.0 Å². The molecule has 1 aromatic heterocycles. The highest BCUT2D eigenvalue weighted by molar-refractivity contribution is 5.15. The molecule has 0 amide bonds. The monoisotopic (exact) mass is 236 g/mol. The first-order valence-corrected chi connectivity index (χ1v) is 6.65. The maximum Gasteiger partial charge on any atom is 0.105 e. The third kappa shape index (κ3) is 2.90. The molecular weight excluding hydrogens is 212 g/mol. The van der Waals surface area contributed by atoms with Gasteiger partial charge < -0.3 is 10.2 Å². The average Bonchev–Trinajstić information content (AvgIpc) is 2.75. The molecule has 2 N–H and O–H groups in total. The molecule has 1 aromatic rings. The first kappa shape index (κ1) is 12.7. The molecule has 0 radical (unpaired) electrons. The second-order valence-electron chi connectivity index (χ2n) is 5.26. The van der Waals surface area contributed by atoms with Gasteiger partial charge in [-0.05, 0) is 45.3 Å². The number of hydrogen-bond donors (Lipinski definition) is 1. The lowest BCUT2D eigenvalue weighted by Gasteiger charge is -2.37. The first-order chi connectivity index (χ1) is 8.22. The second-order valence-corrected chi connectivity index (χ2v) is 5.26. The Bertz CT molecular complexity index is 348. The summed E-state index contributed by atoms with van der Waals surface area (Å²) in [5, 5.41) is 0. The second kappa shape index (κ2) is 5.69. The number of hydrogen-bond acceptors (Lipinski definition) is 3. The van der Waals surface area contributed by atoms with E-state index in [0.717, 1.165) is 18.8 Å². The Morgan fingerprint density at radius 3 is 2.82 bits per heavy atom. The molecule has 1 aliphatic carbocycles. The molecule has 3 heteroatoms. The van der Waals surface area contributed by atoms with Crippen molar-refractivity contribution < 1.29 is 4.42 Å². The lowest BCUT2D eigenvalue weighted by molar-refractivity contribution is 0.127. The Morgan fingerprint density at radius 1 is 1.41 bits per heavy atom. The summed E-state index contributed by atoms with van der Waals surface area (Å²) in [7, 11) is 2.21. The molecule has 0 aromatic carbocycles. The summed E-state index contributed by atoms with van der Waals surface area (Å²) in [5.74, 6) is 1.71. The molecule has 1 heterocycles. The number of rotatable bonds is 4. The fraction of sp³-hybridized carbons (Fsp3) is 0.714. The van der Waals surface area contributed by atoms with E-state index in [0.29, 0.717) is 12.0 Å². The van der Waals surface area contributed by atoms with E-state index in [1.807, 2.05) is 6.92 Å². The van der Waals surface area contributed by atoms with Gasteiger partial charge in [0.15, 0.2) is 0 Å². The molecule has 1 aliphatic rings. The van der Waals surface area contributed by atoms with Crippen LogP contribution >= 0.6 is 0 Å². The van der Waals surface area contributed by atoms with Crippen molar-refractivity contribution in [3.63, 3.8) is 0 Å². The highest BCUT2D eigenvalue weighted by Gasteiger charge is 2.27. The number of nitrogens with two attached hydrogens (primary N) is 1. The van der Waals surface area contributed by atoms with E-state index in [-0.39, 0.29) is 0 Å². The molecule has 0 saturated heterocycles. The fourth-order valence-corrected chi connectivity index (χ4v) is 3.00. The predicted octanol–water partition coefficient (Wildman–Crippen LogP) is 2.54. The molecule has 0 bridgehead atoms. The summed E-state index contributed by atoms with van der Waals surface area (Å²) in [6.45, 7) is 3.83. The SMILES string of the molecule is Cc1occc1CN(C)C1CCCCC1CN. The van der Waals surface area contributed by atoms with Crippen molar-refractivity contribution in [2.45, 2.75) is 45.2 Å². The van der Waals surface area contributed by atoms with Gasteiger partial charge in [0.05, 0.1) is 6.26 Å². The third-order valence-corrected chi connectivity index (χ3v) is 4.12. The van der Waals surface area contributed by atoms with Crippen LogP contribution in [0, 0.1) is 12.8 Å². The van der Waals surface area contributed by atoms with Gasteiger partial charge >= 0.3 is 0 Å². The summed E-state index contributed by atoms with van der Waals surface area (Å²) in [5.41, 5.74) is 7.19. The summed E-state index contributed by atoms with van der Waals surface area (Å²) in [6.07, 6.45) is 7.04. The van der Waals surface area contributed by atoms with Crippen molar-refractivity contribution in [1.29, 1.82) is 0 Å². The Morgan fingerprint density at radius 2 is 2.18 bits per heavy atom. The van der Waals surface area contributed by atoms with Crippen LogP contribution in [0.1, 0.15) is 37.0 Å². The molecule has 1 fully saturated rings. The van der Waals surface area contributed by atoms with Crippen molar-refractivity contribution in [2.24, 2.45) is 11.7 Å². The van der Waals surface area contributed by atoms with E-state index in [9.17, 15) is 0 Å². The normalized spacial score (nSPS) is 25.4. The number of aryl methyl sites for hydroxylation is 1.